The zero-order valence-corrected chi connectivity index (χ0v) is 3.39. The van der Waals surface area contributed by atoms with Crippen LogP contribution in [0.5, 0.6) is 0 Å². The van der Waals surface area contributed by atoms with Gasteiger partial charge in [0.25, 0.3) is 11.7 Å². The summed E-state index contributed by atoms with van der Waals surface area (Å²) in [5, 5.41) is 2.14. The molecule has 0 spiro atoms. The quantitative estimate of drug-likeness (QED) is 0.393. The van der Waals surface area contributed by atoms with Crippen molar-refractivity contribution in [1.29, 1.82) is 0 Å². The van der Waals surface area contributed by atoms with Crippen molar-refractivity contribution < 1.29 is 9.59 Å². The van der Waals surface area contributed by atoms with E-state index < -0.39 is 11.7 Å². The molecule has 7 heavy (non-hydrogen) atoms. The highest BCUT2D eigenvalue weighted by Crippen LogP contribution is 1.81. The average Bonchev–Trinajstić information content (AvgIpc) is 1.91. The molecule has 0 bridgehead atoms. The summed E-state index contributed by atoms with van der Waals surface area (Å²) in [6.07, 6.45) is 3.34. The van der Waals surface area contributed by atoms with E-state index in [4.69, 9.17) is 0 Å². The van der Waals surface area contributed by atoms with Gasteiger partial charge in [0.2, 0.25) is 0 Å². The number of hydrogen-bond donors (Lipinski definition) is 1. The molecule has 3 heteroatoms. The molecule has 1 heterocycles. The van der Waals surface area contributed by atoms with Gasteiger partial charge < -0.3 is 5.32 Å². The first-order valence-corrected chi connectivity index (χ1v) is 1.74. The van der Waals surface area contributed by atoms with E-state index in [2.05, 4.69) is 11.4 Å². The van der Waals surface area contributed by atoms with Crippen molar-refractivity contribution in [2.45, 2.75) is 0 Å². The molecule has 0 aromatic heterocycles. The van der Waals surface area contributed by atoms with E-state index in [0.717, 1.165) is 0 Å². The van der Waals surface area contributed by atoms with Gasteiger partial charge in [0, 0.05) is 6.20 Å². The highest BCUT2D eigenvalue weighted by Gasteiger charge is 2.13. The number of amides is 1. The molecular formula is C4H2NO2. The number of nitrogens with one attached hydrogen (secondary N) is 1. The lowest BCUT2D eigenvalue weighted by Crippen LogP contribution is -2.17. The third-order valence-electron chi connectivity index (χ3n) is 0.613. The van der Waals surface area contributed by atoms with Crippen molar-refractivity contribution in [2.75, 3.05) is 0 Å². The molecule has 1 aliphatic rings. The molecule has 0 aliphatic carbocycles. The Bertz CT molecular complexity index is 148. The normalized spacial score (nSPS) is 17.7. The summed E-state index contributed by atoms with van der Waals surface area (Å²) in [6, 6.07) is 0. The van der Waals surface area contributed by atoms with Gasteiger partial charge in [-0.15, -0.1) is 0 Å². The predicted octanol–water partition coefficient (Wildman–Crippen LogP) is -0.998. The summed E-state index contributed by atoms with van der Waals surface area (Å²) in [7, 11) is 0. The SMILES string of the molecule is O=C1[C]=CNC1=O. The van der Waals surface area contributed by atoms with Gasteiger partial charge in [0.05, 0.1) is 6.08 Å². The zero-order chi connectivity index (χ0) is 5.28. The Morgan fingerprint density at radius 2 is 2.29 bits per heavy atom. The van der Waals surface area contributed by atoms with Crippen molar-refractivity contribution >= 4 is 11.7 Å². The van der Waals surface area contributed by atoms with Crippen molar-refractivity contribution in [3.05, 3.63) is 12.3 Å². The second-order valence-electron chi connectivity index (χ2n) is 1.09. The molecule has 1 rings (SSSR count). The zero-order valence-electron chi connectivity index (χ0n) is 3.39. The Morgan fingerprint density at radius 1 is 1.57 bits per heavy atom. The number of Topliss-reactive ketones (excluding diaryl/α,β-unsaturated/α-hetero) is 1. The lowest BCUT2D eigenvalue weighted by Gasteiger charge is -1.77. The minimum atomic E-state index is -0.597. The lowest BCUT2D eigenvalue weighted by molar-refractivity contribution is -0.133. The topological polar surface area (TPSA) is 46.2 Å². The van der Waals surface area contributed by atoms with Gasteiger partial charge in [-0.2, -0.15) is 0 Å². The molecule has 0 saturated heterocycles. The molecule has 1 radical (unpaired) electrons. The van der Waals surface area contributed by atoms with E-state index in [1.54, 1.807) is 0 Å². The van der Waals surface area contributed by atoms with E-state index in [1.807, 2.05) is 0 Å². The maximum atomic E-state index is 10.0. The van der Waals surface area contributed by atoms with E-state index in [0.29, 0.717) is 0 Å². The Morgan fingerprint density at radius 3 is 2.43 bits per heavy atom. The van der Waals surface area contributed by atoms with Crippen LogP contribution in [0.3, 0.4) is 0 Å². The molecule has 1 amide bonds. The smallest absolute Gasteiger partial charge is 0.296 e. The van der Waals surface area contributed by atoms with E-state index in [-0.39, 0.29) is 0 Å². The summed E-state index contributed by atoms with van der Waals surface area (Å²) < 4.78 is 0. The molecule has 0 fully saturated rings. The van der Waals surface area contributed by atoms with E-state index in [9.17, 15) is 9.59 Å². The summed E-state index contributed by atoms with van der Waals surface area (Å²) in [5.41, 5.74) is 0. The monoisotopic (exact) mass is 96.0 g/mol. The highest BCUT2D eigenvalue weighted by atomic mass is 16.2. The maximum absolute atomic E-state index is 10.0. The van der Waals surface area contributed by atoms with Gasteiger partial charge in [-0.25, -0.2) is 0 Å². The third-order valence-corrected chi connectivity index (χ3v) is 0.613. The lowest BCUT2D eigenvalue weighted by atomic mass is 10.4. The summed E-state index contributed by atoms with van der Waals surface area (Å²) in [6.45, 7) is 0. The van der Waals surface area contributed by atoms with Crippen LogP contribution >= 0.6 is 0 Å². The first-order chi connectivity index (χ1) is 3.30. The van der Waals surface area contributed by atoms with Gasteiger partial charge in [-0.05, 0) is 0 Å². The number of ketones is 1. The maximum Gasteiger partial charge on any atom is 0.296 e. The minimum Gasteiger partial charge on any atom is -0.325 e. The minimum absolute atomic E-state index is 0.597. The molecular weight excluding hydrogens is 94.0 g/mol. The molecule has 35 valence electrons. The number of carbonyl (C=O) groups is 2. The molecule has 3 nitrogen and oxygen atoms in total. The van der Waals surface area contributed by atoms with Crippen LogP contribution in [0, 0.1) is 6.08 Å². The van der Waals surface area contributed by atoms with Gasteiger partial charge in [-0.3, -0.25) is 9.59 Å². The Balaban J connectivity index is 2.81. The summed E-state index contributed by atoms with van der Waals surface area (Å²) in [4.78, 5) is 20.0. The molecule has 0 saturated carbocycles. The fraction of sp³-hybridized carbons (Fsp3) is 0. The molecule has 0 unspecified atom stereocenters. The summed E-state index contributed by atoms with van der Waals surface area (Å²) in [5.74, 6) is -1.19. The first-order valence-electron chi connectivity index (χ1n) is 1.74. The van der Waals surface area contributed by atoms with Crippen LogP contribution in [-0.2, 0) is 9.59 Å². The van der Waals surface area contributed by atoms with Gasteiger partial charge in [0.1, 0.15) is 0 Å². The number of carbonyl (C=O) groups excluding carboxylic acids is 2. The van der Waals surface area contributed by atoms with Crippen molar-refractivity contribution in [1.82, 2.24) is 5.32 Å². The van der Waals surface area contributed by atoms with Crippen molar-refractivity contribution in [3.63, 3.8) is 0 Å². The van der Waals surface area contributed by atoms with Crippen LogP contribution < -0.4 is 5.32 Å². The second kappa shape index (κ2) is 1.18. The van der Waals surface area contributed by atoms with Gasteiger partial charge in [0.15, 0.2) is 0 Å². The molecule has 1 aliphatic heterocycles. The van der Waals surface area contributed by atoms with Crippen molar-refractivity contribution in [3.8, 4) is 0 Å². The third kappa shape index (κ3) is 0.513. The van der Waals surface area contributed by atoms with E-state index in [1.165, 1.54) is 6.20 Å². The molecule has 0 aromatic carbocycles. The van der Waals surface area contributed by atoms with E-state index >= 15 is 0 Å². The highest BCUT2D eigenvalue weighted by molar-refractivity contribution is 6.41. The fourth-order valence-electron chi connectivity index (χ4n) is 0.298. The summed E-state index contributed by atoms with van der Waals surface area (Å²) >= 11 is 0. The second-order valence-corrected chi connectivity index (χ2v) is 1.09. The van der Waals surface area contributed by atoms with Crippen LogP contribution in [0.15, 0.2) is 6.20 Å². The first kappa shape index (κ1) is 4.05. The largest absolute Gasteiger partial charge is 0.325 e. The molecule has 0 aromatic rings. The standard InChI is InChI=1S/C4H2NO2/c6-3-1-2-5-4(3)7/h2H,(H,5,6,7). The Kier molecular flexibility index (Phi) is 0.685. The number of hydrogen-bond acceptors (Lipinski definition) is 2. The van der Waals surface area contributed by atoms with Gasteiger partial charge >= 0.3 is 0 Å². The molecule has 0 atom stereocenters. The van der Waals surface area contributed by atoms with Crippen LogP contribution in [0.25, 0.3) is 0 Å². The Labute approximate surface area is 40.0 Å². The van der Waals surface area contributed by atoms with Crippen LogP contribution in [0.1, 0.15) is 0 Å². The predicted molar refractivity (Wildman–Crippen MR) is 21.0 cm³/mol. The van der Waals surface area contributed by atoms with Crippen LogP contribution in [0.2, 0.25) is 0 Å². The van der Waals surface area contributed by atoms with Crippen molar-refractivity contribution in [2.24, 2.45) is 0 Å². The molecule has 1 N–H and O–H groups in total. The van der Waals surface area contributed by atoms with Crippen LogP contribution in [0.4, 0.5) is 0 Å². The average molecular weight is 96.1 g/mol. The van der Waals surface area contributed by atoms with Crippen LogP contribution in [-0.4, -0.2) is 11.7 Å². The fourth-order valence-corrected chi connectivity index (χ4v) is 0.298. The van der Waals surface area contributed by atoms with Gasteiger partial charge in [-0.1, -0.05) is 0 Å². The number of rotatable bonds is 0. The Hall–Kier alpha value is -1.12.